The van der Waals surface area contributed by atoms with Crippen LogP contribution < -0.4 is 4.74 Å². The van der Waals surface area contributed by atoms with Crippen molar-refractivity contribution in [3.63, 3.8) is 0 Å². The zero-order chi connectivity index (χ0) is 27.8. The van der Waals surface area contributed by atoms with Gasteiger partial charge in [0.15, 0.2) is 0 Å². The van der Waals surface area contributed by atoms with E-state index in [1.165, 1.54) is 12.1 Å². The number of carbonyl (C=O) groups is 1. The van der Waals surface area contributed by atoms with E-state index in [9.17, 15) is 18.0 Å². The fraction of sp³-hybridized carbons (Fsp3) is 0.241. The van der Waals surface area contributed by atoms with E-state index in [0.29, 0.717) is 25.1 Å². The number of ether oxygens (including phenoxy) is 1. The first-order valence-electron chi connectivity index (χ1n) is 12.2. The molecule has 1 heterocycles. The van der Waals surface area contributed by atoms with Crippen molar-refractivity contribution in [1.29, 1.82) is 0 Å². The normalized spacial score (nSPS) is 11.7. The number of nitrogens with zero attached hydrogens (tertiary/aromatic N) is 2. The SMILES string of the molecule is O=C(O)c1cc(OCCCN(Cc2cccc(C(F)(F)F)c2Cl)CC(c2ccccc2)c2ccccc2)no1. The molecule has 3 aromatic carbocycles. The van der Waals surface area contributed by atoms with Crippen LogP contribution in [0.15, 0.2) is 89.5 Å². The number of benzene rings is 3. The first-order chi connectivity index (χ1) is 18.7. The van der Waals surface area contributed by atoms with Crippen LogP contribution in [0, 0.1) is 0 Å². The molecule has 0 aliphatic rings. The van der Waals surface area contributed by atoms with E-state index < -0.39 is 17.7 Å². The van der Waals surface area contributed by atoms with Crippen molar-refractivity contribution in [2.45, 2.75) is 25.1 Å². The lowest BCUT2D eigenvalue weighted by atomic mass is 9.90. The van der Waals surface area contributed by atoms with E-state index in [2.05, 4.69) is 5.16 Å². The van der Waals surface area contributed by atoms with Crippen LogP contribution in [0.1, 0.15) is 45.1 Å². The standard InChI is InChI=1S/C29H26ClF3N2O4/c30-27-22(13-7-14-24(27)29(31,32)33)18-35(15-8-16-38-26-17-25(28(36)37)39-34-26)19-23(20-9-3-1-4-10-20)21-11-5-2-6-12-21/h1-7,9-14,17,23H,8,15-16,18-19H2,(H,36,37). The Hall–Kier alpha value is -3.82. The molecule has 0 spiro atoms. The van der Waals surface area contributed by atoms with Gasteiger partial charge >= 0.3 is 12.1 Å². The van der Waals surface area contributed by atoms with Crippen LogP contribution in [-0.4, -0.2) is 40.8 Å². The van der Waals surface area contributed by atoms with Crippen molar-refractivity contribution in [3.05, 3.63) is 118 Å². The quantitative estimate of drug-likeness (QED) is 0.186. The van der Waals surface area contributed by atoms with Gasteiger partial charge in [0, 0.05) is 25.6 Å². The monoisotopic (exact) mass is 558 g/mol. The minimum atomic E-state index is -4.56. The number of hydrogen-bond donors (Lipinski definition) is 1. The number of aromatic nitrogens is 1. The largest absolute Gasteiger partial charge is 0.475 e. The van der Waals surface area contributed by atoms with Crippen LogP contribution in [0.3, 0.4) is 0 Å². The molecule has 39 heavy (non-hydrogen) atoms. The lowest BCUT2D eigenvalue weighted by Crippen LogP contribution is -2.31. The summed E-state index contributed by atoms with van der Waals surface area (Å²) in [5, 5.41) is 12.2. The van der Waals surface area contributed by atoms with Crippen LogP contribution in [0.4, 0.5) is 13.2 Å². The highest BCUT2D eigenvalue weighted by molar-refractivity contribution is 6.32. The van der Waals surface area contributed by atoms with E-state index in [1.807, 2.05) is 65.6 Å². The van der Waals surface area contributed by atoms with Gasteiger partial charge in [-0.25, -0.2) is 4.79 Å². The van der Waals surface area contributed by atoms with Crippen molar-refractivity contribution in [2.24, 2.45) is 0 Å². The number of aromatic carboxylic acids is 1. The van der Waals surface area contributed by atoms with Crippen molar-refractivity contribution < 1.29 is 32.3 Å². The summed E-state index contributed by atoms with van der Waals surface area (Å²) in [4.78, 5) is 13.0. The summed E-state index contributed by atoms with van der Waals surface area (Å²) < 4.78 is 50.8. The van der Waals surface area contributed by atoms with Gasteiger partial charge in [-0.3, -0.25) is 4.90 Å². The van der Waals surface area contributed by atoms with E-state index in [4.69, 9.17) is 26.0 Å². The Morgan fingerprint density at radius 3 is 2.21 bits per heavy atom. The molecule has 1 N–H and O–H groups in total. The third-order valence-corrected chi connectivity index (χ3v) is 6.64. The lowest BCUT2D eigenvalue weighted by Gasteiger charge is -2.29. The van der Waals surface area contributed by atoms with Crippen LogP contribution >= 0.6 is 11.6 Å². The van der Waals surface area contributed by atoms with Gasteiger partial charge in [-0.15, -0.1) is 0 Å². The Labute approximate surface area is 228 Å². The summed E-state index contributed by atoms with van der Waals surface area (Å²) in [5.41, 5.74) is 1.65. The molecule has 0 atom stereocenters. The zero-order valence-electron chi connectivity index (χ0n) is 20.8. The molecule has 0 radical (unpaired) electrons. The Balaban J connectivity index is 1.55. The highest BCUT2D eigenvalue weighted by Gasteiger charge is 2.34. The highest BCUT2D eigenvalue weighted by Crippen LogP contribution is 2.37. The zero-order valence-corrected chi connectivity index (χ0v) is 21.5. The molecular weight excluding hydrogens is 533 g/mol. The minimum absolute atomic E-state index is 0.0475. The fourth-order valence-electron chi connectivity index (χ4n) is 4.32. The van der Waals surface area contributed by atoms with Gasteiger partial charge in [-0.2, -0.15) is 13.2 Å². The molecule has 0 unspecified atom stereocenters. The van der Waals surface area contributed by atoms with Crippen molar-refractivity contribution in [3.8, 4) is 5.88 Å². The van der Waals surface area contributed by atoms with Gasteiger partial charge in [-0.05, 0) is 34.3 Å². The molecule has 6 nitrogen and oxygen atoms in total. The average molecular weight is 559 g/mol. The molecule has 0 saturated carbocycles. The highest BCUT2D eigenvalue weighted by atomic mass is 35.5. The summed E-state index contributed by atoms with van der Waals surface area (Å²) in [6, 6.07) is 24.9. The van der Waals surface area contributed by atoms with Gasteiger partial charge in [-0.1, -0.05) is 84.4 Å². The average Bonchev–Trinajstić information content (AvgIpc) is 3.40. The number of rotatable bonds is 12. The molecule has 4 rings (SSSR count). The number of carboxylic acid groups (broad SMARTS) is 1. The summed E-state index contributed by atoms with van der Waals surface area (Å²) in [5.74, 6) is -1.59. The molecular formula is C29H26ClF3N2O4. The number of alkyl halides is 3. The van der Waals surface area contributed by atoms with Gasteiger partial charge < -0.3 is 14.4 Å². The van der Waals surface area contributed by atoms with Gasteiger partial charge in [0.1, 0.15) is 0 Å². The number of hydrogen-bond acceptors (Lipinski definition) is 5. The molecule has 0 amide bonds. The second kappa shape index (κ2) is 12.8. The molecule has 10 heteroatoms. The fourth-order valence-corrected chi connectivity index (χ4v) is 4.61. The first kappa shape index (κ1) is 28.2. The Kier molecular flexibility index (Phi) is 9.27. The van der Waals surface area contributed by atoms with E-state index >= 15 is 0 Å². The maximum absolute atomic E-state index is 13.5. The molecule has 0 saturated heterocycles. The molecule has 0 fully saturated rings. The van der Waals surface area contributed by atoms with Gasteiger partial charge in [0.2, 0.25) is 5.76 Å². The van der Waals surface area contributed by atoms with Crippen LogP contribution in [-0.2, 0) is 12.7 Å². The summed E-state index contributed by atoms with van der Waals surface area (Å²) in [6.45, 7) is 1.35. The maximum atomic E-state index is 13.5. The van der Waals surface area contributed by atoms with Gasteiger partial charge in [0.25, 0.3) is 5.88 Å². The summed E-state index contributed by atoms with van der Waals surface area (Å²) in [7, 11) is 0. The van der Waals surface area contributed by atoms with E-state index in [0.717, 1.165) is 17.2 Å². The van der Waals surface area contributed by atoms with Crippen molar-refractivity contribution in [2.75, 3.05) is 19.7 Å². The summed E-state index contributed by atoms with van der Waals surface area (Å²) in [6.07, 6.45) is -4.07. The molecule has 0 aliphatic carbocycles. The van der Waals surface area contributed by atoms with Crippen molar-refractivity contribution in [1.82, 2.24) is 10.1 Å². The maximum Gasteiger partial charge on any atom is 0.417 e. The molecule has 0 bridgehead atoms. The van der Waals surface area contributed by atoms with Gasteiger partial charge in [0.05, 0.1) is 23.3 Å². The second-order valence-corrected chi connectivity index (χ2v) is 9.30. The third-order valence-electron chi connectivity index (χ3n) is 6.19. The predicted molar refractivity (Wildman–Crippen MR) is 140 cm³/mol. The van der Waals surface area contributed by atoms with Crippen molar-refractivity contribution >= 4 is 17.6 Å². The topological polar surface area (TPSA) is 75.8 Å². The second-order valence-electron chi connectivity index (χ2n) is 8.92. The van der Waals surface area contributed by atoms with Crippen LogP contribution in [0.2, 0.25) is 5.02 Å². The Bertz CT molecular complexity index is 1320. The van der Waals surface area contributed by atoms with Crippen LogP contribution in [0.25, 0.3) is 0 Å². The summed E-state index contributed by atoms with van der Waals surface area (Å²) >= 11 is 6.24. The van der Waals surface area contributed by atoms with E-state index in [-0.39, 0.29) is 35.7 Å². The Morgan fingerprint density at radius 2 is 1.64 bits per heavy atom. The molecule has 4 aromatic rings. The smallest absolute Gasteiger partial charge is 0.417 e. The van der Waals surface area contributed by atoms with E-state index in [1.54, 1.807) is 6.07 Å². The number of halogens is 4. The Morgan fingerprint density at radius 1 is 1.00 bits per heavy atom. The molecule has 1 aromatic heterocycles. The third kappa shape index (κ3) is 7.61. The van der Waals surface area contributed by atoms with Crippen LogP contribution in [0.5, 0.6) is 5.88 Å². The number of carboxylic acids is 1. The lowest BCUT2D eigenvalue weighted by molar-refractivity contribution is -0.137. The minimum Gasteiger partial charge on any atom is -0.475 e. The molecule has 204 valence electrons. The molecule has 0 aliphatic heterocycles. The predicted octanol–water partition coefficient (Wildman–Crippen LogP) is 7.15. The first-order valence-corrected chi connectivity index (χ1v) is 12.6.